The SMILES string of the molecule is C#CCCCNS(=O)(=O)C1CCCC1. The number of hydrogen-bond acceptors (Lipinski definition) is 2. The summed E-state index contributed by atoms with van der Waals surface area (Å²) in [6, 6.07) is 0. The van der Waals surface area contributed by atoms with Gasteiger partial charge in [-0.2, -0.15) is 0 Å². The molecule has 1 saturated carbocycles. The molecular weight excluding hydrogens is 198 g/mol. The monoisotopic (exact) mass is 215 g/mol. The molecule has 14 heavy (non-hydrogen) atoms. The lowest BCUT2D eigenvalue weighted by molar-refractivity contribution is 0.563. The van der Waals surface area contributed by atoms with Crippen LogP contribution in [0.15, 0.2) is 0 Å². The van der Waals surface area contributed by atoms with Crippen LogP contribution in [0.3, 0.4) is 0 Å². The minimum absolute atomic E-state index is 0.159. The summed E-state index contributed by atoms with van der Waals surface area (Å²) in [6.45, 7) is 0.475. The van der Waals surface area contributed by atoms with E-state index in [4.69, 9.17) is 6.42 Å². The molecule has 0 saturated heterocycles. The van der Waals surface area contributed by atoms with Gasteiger partial charge in [0, 0.05) is 13.0 Å². The molecule has 0 unspecified atom stereocenters. The maximum Gasteiger partial charge on any atom is 0.214 e. The molecule has 0 aromatic rings. The van der Waals surface area contributed by atoms with Gasteiger partial charge < -0.3 is 0 Å². The lowest BCUT2D eigenvalue weighted by Crippen LogP contribution is -2.33. The number of rotatable bonds is 5. The predicted molar refractivity (Wildman–Crippen MR) is 57.2 cm³/mol. The van der Waals surface area contributed by atoms with E-state index in [1.165, 1.54) is 0 Å². The van der Waals surface area contributed by atoms with E-state index in [-0.39, 0.29) is 5.25 Å². The molecule has 80 valence electrons. The van der Waals surface area contributed by atoms with Crippen LogP contribution in [0.2, 0.25) is 0 Å². The van der Waals surface area contributed by atoms with Crippen molar-refractivity contribution in [1.29, 1.82) is 0 Å². The van der Waals surface area contributed by atoms with Crippen LogP contribution in [0.5, 0.6) is 0 Å². The third-order valence-corrected chi connectivity index (χ3v) is 4.50. The van der Waals surface area contributed by atoms with Crippen molar-refractivity contribution in [3.63, 3.8) is 0 Å². The maximum absolute atomic E-state index is 11.6. The summed E-state index contributed by atoms with van der Waals surface area (Å²) >= 11 is 0. The first-order chi connectivity index (χ1) is 6.67. The van der Waals surface area contributed by atoms with Gasteiger partial charge in [0.05, 0.1) is 5.25 Å². The first kappa shape index (κ1) is 11.5. The number of terminal acetylenes is 1. The van der Waals surface area contributed by atoms with Crippen molar-refractivity contribution in [2.24, 2.45) is 0 Å². The predicted octanol–water partition coefficient (Wildman–Crippen LogP) is 1.26. The van der Waals surface area contributed by atoms with Crippen LogP contribution in [0, 0.1) is 12.3 Å². The largest absolute Gasteiger partial charge is 0.215 e. The van der Waals surface area contributed by atoms with Crippen LogP contribution in [-0.4, -0.2) is 20.2 Å². The van der Waals surface area contributed by atoms with Crippen molar-refractivity contribution >= 4 is 10.0 Å². The highest BCUT2D eigenvalue weighted by molar-refractivity contribution is 7.90. The molecule has 1 N–H and O–H groups in total. The van der Waals surface area contributed by atoms with E-state index in [2.05, 4.69) is 10.6 Å². The molecule has 0 atom stereocenters. The van der Waals surface area contributed by atoms with Gasteiger partial charge in [-0.25, -0.2) is 13.1 Å². The van der Waals surface area contributed by atoms with Crippen LogP contribution in [0.25, 0.3) is 0 Å². The van der Waals surface area contributed by atoms with Gasteiger partial charge in [-0.3, -0.25) is 0 Å². The molecule has 0 aromatic carbocycles. The lowest BCUT2D eigenvalue weighted by atomic mass is 10.3. The molecule has 4 heteroatoms. The smallest absolute Gasteiger partial charge is 0.214 e. The number of hydrogen-bond donors (Lipinski definition) is 1. The Bertz CT molecular complexity index is 297. The highest BCUT2D eigenvalue weighted by atomic mass is 32.2. The normalized spacial score (nSPS) is 18.2. The summed E-state index contributed by atoms with van der Waals surface area (Å²) in [5.74, 6) is 2.49. The Morgan fingerprint density at radius 3 is 2.57 bits per heavy atom. The fourth-order valence-corrected chi connectivity index (χ4v) is 3.34. The van der Waals surface area contributed by atoms with Gasteiger partial charge in [-0.15, -0.1) is 12.3 Å². The molecular formula is C10H17NO2S. The van der Waals surface area contributed by atoms with Gasteiger partial charge in [0.2, 0.25) is 10.0 Å². The number of nitrogens with one attached hydrogen (secondary N) is 1. The second kappa shape index (κ2) is 5.38. The average Bonchev–Trinajstić information content (AvgIpc) is 2.65. The van der Waals surface area contributed by atoms with Crippen molar-refractivity contribution in [2.45, 2.75) is 43.8 Å². The minimum atomic E-state index is -3.06. The van der Waals surface area contributed by atoms with Crippen LogP contribution in [0.4, 0.5) is 0 Å². The Balaban J connectivity index is 2.31. The van der Waals surface area contributed by atoms with E-state index >= 15 is 0 Å². The fraction of sp³-hybridized carbons (Fsp3) is 0.800. The van der Waals surface area contributed by atoms with E-state index in [1.54, 1.807) is 0 Å². The molecule has 1 aliphatic carbocycles. The Morgan fingerprint density at radius 1 is 1.36 bits per heavy atom. The molecule has 0 bridgehead atoms. The Kier molecular flexibility index (Phi) is 4.43. The molecule has 1 fully saturated rings. The number of sulfonamides is 1. The van der Waals surface area contributed by atoms with Crippen LogP contribution < -0.4 is 4.72 Å². The standard InChI is InChI=1S/C10H17NO2S/c1-2-3-6-9-11-14(12,13)10-7-4-5-8-10/h1,10-11H,3-9H2. The molecule has 0 aliphatic heterocycles. The summed E-state index contributed by atoms with van der Waals surface area (Å²) in [4.78, 5) is 0. The Labute approximate surface area is 86.3 Å². The Hall–Kier alpha value is -0.530. The first-order valence-corrected chi connectivity index (χ1v) is 6.63. The summed E-state index contributed by atoms with van der Waals surface area (Å²) in [5, 5.41) is -0.159. The minimum Gasteiger partial charge on any atom is -0.215 e. The second-order valence-electron chi connectivity index (χ2n) is 3.65. The van der Waals surface area contributed by atoms with E-state index in [9.17, 15) is 8.42 Å². The van der Waals surface area contributed by atoms with Gasteiger partial charge in [0.1, 0.15) is 0 Å². The molecule has 1 aliphatic rings. The first-order valence-electron chi connectivity index (χ1n) is 5.09. The summed E-state index contributed by atoms with van der Waals surface area (Å²) in [7, 11) is -3.06. The van der Waals surface area contributed by atoms with Gasteiger partial charge in [0.25, 0.3) is 0 Å². The molecule has 0 aromatic heterocycles. The van der Waals surface area contributed by atoms with Crippen molar-refractivity contribution < 1.29 is 8.42 Å². The molecule has 0 heterocycles. The van der Waals surface area contributed by atoms with Crippen LogP contribution in [-0.2, 0) is 10.0 Å². The molecule has 1 rings (SSSR count). The summed E-state index contributed by atoms with van der Waals surface area (Å²) in [5.41, 5.74) is 0. The summed E-state index contributed by atoms with van der Waals surface area (Å²) < 4.78 is 25.9. The highest BCUT2D eigenvalue weighted by Crippen LogP contribution is 2.23. The van der Waals surface area contributed by atoms with E-state index in [1.807, 2.05) is 0 Å². The molecule has 0 spiro atoms. The van der Waals surface area contributed by atoms with E-state index in [0.29, 0.717) is 13.0 Å². The molecule has 0 amide bonds. The van der Waals surface area contributed by atoms with Gasteiger partial charge >= 0.3 is 0 Å². The fourth-order valence-electron chi connectivity index (χ4n) is 1.72. The quantitative estimate of drug-likeness (QED) is 0.554. The number of unbranched alkanes of at least 4 members (excludes halogenated alkanes) is 1. The Morgan fingerprint density at radius 2 is 2.00 bits per heavy atom. The van der Waals surface area contributed by atoms with Crippen molar-refractivity contribution in [3.05, 3.63) is 0 Å². The molecule has 3 nitrogen and oxygen atoms in total. The highest BCUT2D eigenvalue weighted by Gasteiger charge is 2.27. The van der Waals surface area contributed by atoms with Crippen LogP contribution >= 0.6 is 0 Å². The zero-order valence-corrected chi connectivity index (χ0v) is 9.15. The van der Waals surface area contributed by atoms with Gasteiger partial charge in [-0.1, -0.05) is 12.8 Å². The van der Waals surface area contributed by atoms with E-state index in [0.717, 1.165) is 32.1 Å². The second-order valence-corrected chi connectivity index (χ2v) is 5.70. The van der Waals surface area contributed by atoms with Crippen molar-refractivity contribution in [1.82, 2.24) is 4.72 Å². The van der Waals surface area contributed by atoms with Crippen molar-refractivity contribution in [2.75, 3.05) is 6.54 Å². The molecule has 0 radical (unpaired) electrons. The maximum atomic E-state index is 11.6. The van der Waals surface area contributed by atoms with Crippen molar-refractivity contribution in [3.8, 4) is 12.3 Å². The zero-order chi connectivity index (χ0) is 10.4. The van der Waals surface area contributed by atoms with E-state index < -0.39 is 10.0 Å². The topological polar surface area (TPSA) is 46.2 Å². The zero-order valence-electron chi connectivity index (χ0n) is 8.33. The van der Waals surface area contributed by atoms with Gasteiger partial charge in [-0.05, 0) is 19.3 Å². The van der Waals surface area contributed by atoms with Gasteiger partial charge in [0.15, 0.2) is 0 Å². The van der Waals surface area contributed by atoms with Crippen LogP contribution in [0.1, 0.15) is 38.5 Å². The lowest BCUT2D eigenvalue weighted by Gasteiger charge is -2.11. The third kappa shape index (κ3) is 3.32. The third-order valence-electron chi connectivity index (χ3n) is 2.54. The average molecular weight is 215 g/mol. The summed E-state index contributed by atoms with van der Waals surface area (Å²) in [6.07, 6.45) is 10.1.